The van der Waals surface area contributed by atoms with Gasteiger partial charge in [0.2, 0.25) is 0 Å². The Balaban J connectivity index is 2.22. The first-order valence-corrected chi connectivity index (χ1v) is 6.31. The highest BCUT2D eigenvalue weighted by Gasteiger charge is 2.10. The van der Waals surface area contributed by atoms with E-state index in [1.807, 2.05) is 48.5 Å². The fourth-order valence-electron chi connectivity index (χ4n) is 2.13. The minimum Gasteiger partial charge on any atom is -0.497 e. The van der Waals surface area contributed by atoms with Gasteiger partial charge in [-0.2, -0.15) is 0 Å². The molecule has 2 rings (SSSR count). The molecule has 0 saturated heterocycles. The molecule has 0 bridgehead atoms. The molecule has 0 aliphatic heterocycles. The minimum absolute atomic E-state index is 0.0147. The molecule has 0 spiro atoms. The molecule has 0 aliphatic rings. The third kappa shape index (κ3) is 3.34. The van der Waals surface area contributed by atoms with Crippen molar-refractivity contribution in [2.24, 2.45) is 5.73 Å². The van der Waals surface area contributed by atoms with E-state index in [1.165, 1.54) is 0 Å². The first kappa shape index (κ1) is 13.6. The number of methoxy groups -OCH3 is 1. The van der Waals surface area contributed by atoms with E-state index in [0.29, 0.717) is 6.42 Å². The van der Waals surface area contributed by atoms with E-state index in [9.17, 15) is 5.11 Å². The molecule has 3 N–H and O–H groups in total. The van der Waals surface area contributed by atoms with E-state index in [1.54, 1.807) is 7.11 Å². The van der Waals surface area contributed by atoms with Crippen molar-refractivity contribution in [2.45, 2.75) is 19.1 Å². The predicted molar refractivity (Wildman–Crippen MR) is 76.0 cm³/mol. The van der Waals surface area contributed by atoms with Gasteiger partial charge in [-0.25, -0.2) is 0 Å². The maximum atomic E-state index is 9.38. The van der Waals surface area contributed by atoms with Crippen molar-refractivity contribution in [3.63, 3.8) is 0 Å². The van der Waals surface area contributed by atoms with E-state index in [4.69, 9.17) is 10.5 Å². The molecule has 0 aromatic heterocycles. The number of hydrogen-bond acceptors (Lipinski definition) is 3. The van der Waals surface area contributed by atoms with Gasteiger partial charge in [-0.1, -0.05) is 36.4 Å². The van der Waals surface area contributed by atoms with Crippen LogP contribution in [0.25, 0.3) is 0 Å². The lowest BCUT2D eigenvalue weighted by atomic mass is 9.96. The highest BCUT2D eigenvalue weighted by Crippen LogP contribution is 2.23. The normalized spacial score (nSPS) is 12.2. The summed E-state index contributed by atoms with van der Waals surface area (Å²) < 4.78 is 5.22. The van der Waals surface area contributed by atoms with Gasteiger partial charge in [0.05, 0.1) is 13.7 Å². The Labute approximate surface area is 113 Å². The van der Waals surface area contributed by atoms with E-state index < -0.39 is 0 Å². The fourth-order valence-corrected chi connectivity index (χ4v) is 2.13. The van der Waals surface area contributed by atoms with Gasteiger partial charge < -0.3 is 15.6 Å². The number of hydrogen-bond donors (Lipinski definition) is 2. The Morgan fingerprint density at radius 1 is 1.11 bits per heavy atom. The predicted octanol–water partition coefficient (Wildman–Crippen LogP) is 2.43. The van der Waals surface area contributed by atoms with E-state index in [-0.39, 0.29) is 12.6 Å². The summed E-state index contributed by atoms with van der Waals surface area (Å²) in [5, 5.41) is 9.38. The van der Waals surface area contributed by atoms with Gasteiger partial charge in [-0.15, -0.1) is 0 Å². The molecule has 100 valence electrons. The van der Waals surface area contributed by atoms with Crippen molar-refractivity contribution in [1.29, 1.82) is 0 Å². The molecule has 0 radical (unpaired) electrons. The smallest absolute Gasteiger partial charge is 0.119 e. The second-order valence-corrected chi connectivity index (χ2v) is 4.51. The van der Waals surface area contributed by atoms with E-state index >= 15 is 0 Å². The highest BCUT2D eigenvalue weighted by molar-refractivity contribution is 5.36. The Bertz CT molecular complexity index is 526. The van der Waals surface area contributed by atoms with Crippen molar-refractivity contribution in [3.05, 3.63) is 65.2 Å². The molecule has 0 heterocycles. The molecule has 19 heavy (non-hydrogen) atoms. The standard InChI is InChI=1S/C16H19NO2/c1-19-15-8-7-13(11-18)14(9-15)10-16(17)12-5-3-2-4-6-12/h2-9,16,18H,10-11,17H2,1H3. The van der Waals surface area contributed by atoms with Crippen LogP contribution in [-0.4, -0.2) is 12.2 Å². The lowest BCUT2D eigenvalue weighted by molar-refractivity contribution is 0.280. The Morgan fingerprint density at radius 2 is 1.84 bits per heavy atom. The average Bonchev–Trinajstić information content (AvgIpc) is 2.48. The minimum atomic E-state index is -0.0846. The van der Waals surface area contributed by atoms with Gasteiger partial charge in [-0.05, 0) is 35.2 Å². The maximum absolute atomic E-state index is 9.38. The second-order valence-electron chi connectivity index (χ2n) is 4.51. The quantitative estimate of drug-likeness (QED) is 0.865. The van der Waals surface area contributed by atoms with Crippen molar-refractivity contribution in [2.75, 3.05) is 7.11 Å². The number of rotatable bonds is 5. The van der Waals surface area contributed by atoms with Gasteiger partial charge in [0.1, 0.15) is 5.75 Å². The summed E-state index contributed by atoms with van der Waals surface area (Å²) >= 11 is 0. The number of benzene rings is 2. The Kier molecular flexibility index (Phi) is 4.55. The van der Waals surface area contributed by atoms with Crippen LogP contribution < -0.4 is 10.5 Å². The largest absolute Gasteiger partial charge is 0.497 e. The average molecular weight is 257 g/mol. The van der Waals surface area contributed by atoms with Gasteiger partial charge in [0.25, 0.3) is 0 Å². The van der Waals surface area contributed by atoms with E-state index in [2.05, 4.69) is 0 Å². The van der Waals surface area contributed by atoms with Gasteiger partial charge in [-0.3, -0.25) is 0 Å². The van der Waals surface area contributed by atoms with Crippen LogP contribution in [0.2, 0.25) is 0 Å². The van der Waals surface area contributed by atoms with Gasteiger partial charge in [0.15, 0.2) is 0 Å². The molecule has 1 atom stereocenters. The highest BCUT2D eigenvalue weighted by atomic mass is 16.5. The van der Waals surface area contributed by atoms with E-state index in [0.717, 1.165) is 22.4 Å². The number of nitrogens with two attached hydrogens (primary N) is 1. The number of aliphatic hydroxyl groups is 1. The molecule has 3 heteroatoms. The molecule has 2 aromatic rings. The van der Waals surface area contributed by atoms with Gasteiger partial charge in [0, 0.05) is 6.04 Å². The van der Waals surface area contributed by atoms with Crippen LogP contribution in [0, 0.1) is 0 Å². The SMILES string of the molecule is COc1ccc(CO)c(CC(N)c2ccccc2)c1. The third-order valence-corrected chi connectivity index (χ3v) is 3.25. The van der Waals surface area contributed by atoms with Crippen LogP contribution in [0.4, 0.5) is 0 Å². The molecular weight excluding hydrogens is 238 g/mol. The van der Waals surface area contributed by atoms with Gasteiger partial charge >= 0.3 is 0 Å². The van der Waals surface area contributed by atoms with Crippen molar-refractivity contribution in [1.82, 2.24) is 0 Å². The topological polar surface area (TPSA) is 55.5 Å². The summed E-state index contributed by atoms with van der Waals surface area (Å²) in [6.07, 6.45) is 0.678. The first-order valence-electron chi connectivity index (χ1n) is 6.31. The number of ether oxygens (including phenoxy) is 1. The fraction of sp³-hybridized carbons (Fsp3) is 0.250. The molecule has 2 aromatic carbocycles. The number of aliphatic hydroxyl groups excluding tert-OH is 1. The summed E-state index contributed by atoms with van der Waals surface area (Å²) in [5.74, 6) is 0.785. The summed E-state index contributed by atoms with van der Waals surface area (Å²) in [4.78, 5) is 0. The summed E-state index contributed by atoms with van der Waals surface area (Å²) in [7, 11) is 1.63. The Morgan fingerprint density at radius 3 is 2.47 bits per heavy atom. The maximum Gasteiger partial charge on any atom is 0.119 e. The lowest BCUT2D eigenvalue weighted by Gasteiger charge is -2.15. The Hall–Kier alpha value is -1.84. The van der Waals surface area contributed by atoms with Crippen LogP contribution >= 0.6 is 0 Å². The van der Waals surface area contributed by atoms with Crippen molar-refractivity contribution < 1.29 is 9.84 Å². The van der Waals surface area contributed by atoms with Crippen LogP contribution in [0.1, 0.15) is 22.7 Å². The zero-order chi connectivity index (χ0) is 13.7. The molecule has 0 aliphatic carbocycles. The lowest BCUT2D eigenvalue weighted by Crippen LogP contribution is -2.14. The van der Waals surface area contributed by atoms with Crippen molar-refractivity contribution >= 4 is 0 Å². The molecule has 0 amide bonds. The molecule has 3 nitrogen and oxygen atoms in total. The second kappa shape index (κ2) is 6.36. The third-order valence-electron chi connectivity index (χ3n) is 3.25. The zero-order valence-corrected chi connectivity index (χ0v) is 11.0. The van der Waals surface area contributed by atoms with Crippen LogP contribution in [0.3, 0.4) is 0 Å². The molecular formula is C16H19NO2. The summed E-state index contributed by atoms with van der Waals surface area (Å²) in [6.45, 7) is 0.0147. The van der Waals surface area contributed by atoms with Crippen molar-refractivity contribution in [3.8, 4) is 5.75 Å². The monoisotopic (exact) mass is 257 g/mol. The summed E-state index contributed by atoms with van der Waals surface area (Å²) in [6, 6.07) is 15.6. The van der Waals surface area contributed by atoms with Crippen LogP contribution in [-0.2, 0) is 13.0 Å². The summed E-state index contributed by atoms with van der Waals surface area (Å²) in [5.41, 5.74) is 9.23. The van der Waals surface area contributed by atoms with Crippen LogP contribution in [0.15, 0.2) is 48.5 Å². The van der Waals surface area contributed by atoms with Crippen LogP contribution in [0.5, 0.6) is 5.75 Å². The first-order chi connectivity index (χ1) is 9.24. The molecule has 0 fully saturated rings. The zero-order valence-electron chi connectivity index (χ0n) is 11.0. The molecule has 0 saturated carbocycles. The molecule has 1 unspecified atom stereocenters.